The normalized spacial score (nSPS) is 22.5. The van der Waals surface area contributed by atoms with Crippen molar-refractivity contribution in [1.82, 2.24) is 0 Å². The Balaban J connectivity index is 1.40. The molecule has 2 heterocycles. The first-order valence-electron chi connectivity index (χ1n) is 12.8. The van der Waals surface area contributed by atoms with Gasteiger partial charge in [-0.25, -0.2) is 0 Å². The van der Waals surface area contributed by atoms with Crippen LogP contribution in [0.3, 0.4) is 0 Å². The lowest BCUT2D eigenvalue weighted by atomic mass is 9.99. The van der Waals surface area contributed by atoms with Crippen LogP contribution in [0.2, 0.25) is 0 Å². The highest BCUT2D eigenvalue weighted by molar-refractivity contribution is 5.88. The number of hydrogen-bond donors (Lipinski definition) is 7. The molecule has 1 saturated heterocycles. The van der Waals surface area contributed by atoms with Gasteiger partial charge in [-0.3, -0.25) is 4.79 Å². The molecular weight excluding hydrogens is 552 g/mol. The van der Waals surface area contributed by atoms with E-state index in [0.29, 0.717) is 0 Å². The molecule has 7 N–H and O–H groups in total. The minimum absolute atomic E-state index is 0.0662. The lowest BCUT2D eigenvalue weighted by molar-refractivity contribution is -0.279. The van der Waals surface area contributed by atoms with Crippen LogP contribution in [0, 0.1) is 0 Å². The van der Waals surface area contributed by atoms with Crippen LogP contribution in [-0.2, 0) is 9.47 Å². The molecule has 42 heavy (non-hydrogen) atoms. The average Bonchev–Trinajstić information content (AvgIpc) is 2.96. The van der Waals surface area contributed by atoms with E-state index < -0.39 is 47.6 Å². The highest BCUT2D eigenvalue weighted by Gasteiger charge is 2.45. The van der Waals surface area contributed by atoms with Crippen LogP contribution in [0.1, 0.15) is 5.56 Å². The van der Waals surface area contributed by atoms with Gasteiger partial charge in [0.1, 0.15) is 58.4 Å². The van der Waals surface area contributed by atoms with Gasteiger partial charge < -0.3 is 54.4 Å². The van der Waals surface area contributed by atoms with Crippen LogP contribution < -0.4 is 10.2 Å². The standard InChI is InChI=1S/C30H28O12/c31-17-7-3-15(4-8-17)2-1-11-39-14-22-24(35)26(37)27(38)30(41-22)42-29-25(36)23-20(34)12-19(33)13-21(23)40-28(29)16-5-9-18(32)10-6-16/h1-10,12-13,22,24,26-27,30-35,37-38H,11,14H2/b2-1+/t22-,24+,26-,27+,30+/m1/s1. The molecule has 220 valence electrons. The van der Waals surface area contributed by atoms with Crippen molar-refractivity contribution in [3.8, 4) is 40.1 Å². The lowest BCUT2D eigenvalue weighted by Crippen LogP contribution is -2.60. The Morgan fingerprint density at radius 1 is 0.810 bits per heavy atom. The van der Waals surface area contributed by atoms with Crippen LogP contribution in [0.5, 0.6) is 28.7 Å². The van der Waals surface area contributed by atoms with Gasteiger partial charge in [-0.05, 0) is 42.0 Å². The van der Waals surface area contributed by atoms with Crippen LogP contribution in [0.15, 0.2) is 76.0 Å². The number of hydrogen-bond acceptors (Lipinski definition) is 12. The summed E-state index contributed by atoms with van der Waals surface area (Å²) in [4.78, 5) is 13.5. The number of rotatable bonds is 8. The fourth-order valence-electron chi connectivity index (χ4n) is 4.47. The monoisotopic (exact) mass is 580 g/mol. The summed E-state index contributed by atoms with van der Waals surface area (Å²) in [6.45, 7) is -0.120. The third kappa shape index (κ3) is 6.03. The van der Waals surface area contributed by atoms with E-state index in [1.165, 1.54) is 36.4 Å². The maximum absolute atomic E-state index is 13.5. The van der Waals surface area contributed by atoms with Gasteiger partial charge in [-0.15, -0.1) is 0 Å². The second-order valence-corrected chi connectivity index (χ2v) is 9.64. The fourth-order valence-corrected chi connectivity index (χ4v) is 4.47. The molecule has 0 amide bonds. The van der Waals surface area contributed by atoms with Gasteiger partial charge >= 0.3 is 0 Å². The van der Waals surface area contributed by atoms with Crippen molar-refractivity contribution in [2.75, 3.05) is 13.2 Å². The number of aromatic hydroxyl groups is 4. The van der Waals surface area contributed by atoms with E-state index in [1.807, 2.05) is 0 Å². The number of phenols is 4. The number of benzene rings is 3. The smallest absolute Gasteiger partial charge is 0.239 e. The van der Waals surface area contributed by atoms with Crippen molar-refractivity contribution in [3.63, 3.8) is 0 Å². The molecule has 12 heteroatoms. The second-order valence-electron chi connectivity index (χ2n) is 9.64. The van der Waals surface area contributed by atoms with E-state index in [1.54, 1.807) is 24.3 Å². The minimum Gasteiger partial charge on any atom is -0.508 e. The number of ether oxygens (including phenoxy) is 3. The van der Waals surface area contributed by atoms with Crippen molar-refractivity contribution in [3.05, 3.63) is 82.5 Å². The number of aliphatic hydroxyl groups excluding tert-OH is 3. The molecule has 3 aromatic carbocycles. The zero-order valence-corrected chi connectivity index (χ0v) is 21.9. The Bertz CT molecular complexity index is 1630. The SMILES string of the molecule is O=c1c(O[C@@H]2O[C@H](COC/C=C/c3ccc(O)cc3)[C@H](O)[C@@H](O)[C@@H]2O)c(-c2ccc(O)cc2)oc2cc(O)cc(O)c12. The quantitative estimate of drug-likeness (QED) is 0.150. The first-order chi connectivity index (χ1) is 20.1. The van der Waals surface area contributed by atoms with Gasteiger partial charge in [0.25, 0.3) is 0 Å². The average molecular weight is 581 g/mol. The third-order valence-corrected chi connectivity index (χ3v) is 6.65. The van der Waals surface area contributed by atoms with Gasteiger partial charge in [0.05, 0.1) is 13.2 Å². The van der Waals surface area contributed by atoms with Crippen molar-refractivity contribution in [1.29, 1.82) is 0 Å². The molecule has 0 saturated carbocycles. The number of aliphatic hydroxyl groups is 3. The highest BCUT2D eigenvalue weighted by atomic mass is 16.7. The summed E-state index contributed by atoms with van der Waals surface area (Å²) in [6, 6.07) is 14.1. The molecule has 1 aromatic heterocycles. The maximum Gasteiger partial charge on any atom is 0.239 e. The first kappa shape index (κ1) is 28.9. The molecule has 0 radical (unpaired) electrons. The molecular formula is C30H28O12. The van der Waals surface area contributed by atoms with Gasteiger partial charge in [0.2, 0.25) is 17.5 Å². The summed E-state index contributed by atoms with van der Waals surface area (Å²) < 4.78 is 22.9. The van der Waals surface area contributed by atoms with Crippen LogP contribution in [-0.4, -0.2) is 79.7 Å². The zero-order valence-electron chi connectivity index (χ0n) is 21.9. The molecule has 0 bridgehead atoms. The van der Waals surface area contributed by atoms with Gasteiger partial charge in [0, 0.05) is 17.7 Å². The summed E-state index contributed by atoms with van der Waals surface area (Å²) in [6.07, 6.45) is -4.51. The van der Waals surface area contributed by atoms with Crippen molar-refractivity contribution >= 4 is 17.0 Å². The Morgan fingerprint density at radius 2 is 1.48 bits per heavy atom. The molecule has 0 spiro atoms. The zero-order chi connectivity index (χ0) is 30.0. The Hall–Kier alpha value is -4.59. The van der Waals surface area contributed by atoms with Crippen LogP contribution in [0.25, 0.3) is 28.4 Å². The van der Waals surface area contributed by atoms with Crippen molar-refractivity contribution < 1.29 is 54.4 Å². The highest BCUT2D eigenvalue weighted by Crippen LogP contribution is 2.37. The molecule has 4 aromatic rings. The predicted octanol–water partition coefficient (Wildman–Crippen LogP) is 2.20. The van der Waals surface area contributed by atoms with E-state index in [-0.39, 0.29) is 52.8 Å². The summed E-state index contributed by atoms with van der Waals surface area (Å²) >= 11 is 0. The van der Waals surface area contributed by atoms with Crippen molar-refractivity contribution in [2.24, 2.45) is 0 Å². The number of fused-ring (bicyclic) bond motifs is 1. The summed E-state index contributed by atoms with van der Waals surface area (Å²) in [7, 11) is 0. The maximum atomic E-state index is 13.5. The largest absolute Gasteiger partial charge is 0.508 e. The Morgan fingerprint density at radius 3 is 2.17 bits per heavy atom. The summed E-state index contributed by atoms with van der Waals surface area (Å²) in [5.41, 5.74) is 0.0357. The van der Waals surface area contributed by atoms with Gasteiger partial charge in [-0.1, -0.05) is 24.3 Å². The second kappa shape index (κ2) is 12.1. The molecule has 12 nitrogen and oxygen atoms in total. The van der Waals surface area contributed by atoms with Gasteiger partial charge in [-0.2, -0.15) is 0 Å². The summed E-state index contributed by atoms with van der Waals surface area (Å²) in [5.74, 6) is -1.56. The van der Waals surface area contributed by atoms with E-state index >= 15 is 0 Å². The van der Waals surface area contributed by atoms with E-state index in [2.05, 4.69) is 0 Å². The molecule has 1 aliphatic rings. The summed E-state index contributed by atoms with van der Waals surface area (Å²) in [5, 5.41) is 70.7. The minimum atomic E-state index is -1.80. The fraction of sp³-hybridized carbons (Fsp3) is 0.233. The topological polar surface area (TPSA) is 200 Å². The molecule has 5 atom stereocenters. The van der Waals surface area contributed by atoms with E-state index in [9.17, 15) is 40.5 Å². The molecule has 5 rings (SSSR count). The molecule has 0 unspecified atom stereocenters. The molecule has 1 aliphatic heterocycles. The Kier molecular flexibility index (Phi) is 8.34. The first-order valence-corrected chi connectivity index (χ1v) is 12.8. The van der Waals surface area contributed by atoms with E-state index in [0.717, 1.165) is 17.7 Å². The van der Waals surface area contributed by atoms with E-state index in [4.69, 9.17) is 18.6 Å². The molecule has 0 aliphatic carbocycles. The molecule has 1 fully saturated rings. The van der Waals surface area contributed by atoms with Crippen molar-refractivity contribution in [2.45, 2.75) is 30.7 Å². The third-order valence-electron chi connectivity index (χ3n) is 6.65. The van der Waals surface area contributed by atoms with Gasteiger partial charge in [0.15, 0.2) is 5.76 Å². The lowest BCUT2D eigenvalue weighted by Gasteiger charge is -2.40. The Labute approximate surface area is 238 Å². The number of phenolic OH excluding ortho intramolecular Hbond substituents is 4. The predicted molar refractivity (Wildman–Crippen MR) is 148 cm³/mol. The van der Waals surface area contributed by atoms with Crippen LogP contribution >= 0.6 is 0 Å². The van der Waals surface area contributed by atoms with Crippen LogP contribution in [0.4, 0.5) is 0 Å².